The van der Waals surface area contributed by atoms with Crippen LogP contribution >= 0.6 is 0 Å². The standard InChI is InChI=1S/C32H46N4O7S/c1-22(2)16-31(39)36(34-30(38)20-35-14-8-9-15-35)26(17-24-10-6-5-7-11-24)27(37)19-33-32(23(3)4)44(40,41)25-12-13-28-29(18-25)43-21-42-28/h5-7,10-13,18,22-23,26-27,32-33,37H,8-9,14-17,19-21H2,1-4H3,(H,34,38)/t26-,27+,32?/m0/s1. The van der Waals surface area contributed by atoms with Crippen LogP contribution in [0.2, 0.25) is 0 Å². The van der Waals surface area contributed by atoms with Crippen LogP contribution in [-0.2, 0) is 25.8 Å². The lowest BCUT2D eigenvalue weighted by molar-refractivity contribution is -0.148. The van der Waals surface area contributed by atoms with Crippen molar-refractivity contribution in [2.75, 3.05) is 33.0 Å². The van der Waals surface area contributed by atoms with Gasteiger partial charge in [-0.3, -0.25) is 25.2 Å². The molecular weight excluding hydrogens is 584 g/mol. The first kappa shape index (κ1) is 33.7. The molecule has 242 valence electrons. The van der Waals surface area contributed by atoms with E-state index in [1.807, 2.05) is 49.1 Å². The van der Waals surface area contributed by atoms with E-state index < -0.39 is 27.4 Å². The van der Waals surface area contributed by atoms with Crippen LogP contribution < -0.4 is 20.2 Å². The highest BCUT2D eigenvalue weighted by atomic mass is 32.2. The lowest BCUT2D eigenvalue weighted by Crippen LogP contribution is -2.60. The summed E-state index contributed by atoms with van der Waals surface area (Å²) in [4.78, 5) is 28.9. The van der Waals surface area contributed by atoms with Crippen LogP contribution in [0.5, 0.6) is 11.5 Å². The Labute approximate surface area is 260 Å². The number of nitrogens with zero attached hydrogens (tertiary/aromatic N) is 2. The van der Waals surface area contributed by atoms with Crippen LogP contribution in [0.1, 0.15) is 52.5 Å². The number of carbonyl (C=O) groups is 2. The van der Waals surface area contributed by atoms with Gasteiger partial charge in [0.15, 0.2) is 21.3 Å². The Hall–Kier alpha value is -3.19. The van der Waals surface area contributed by atoms with Crippen molar-refractivity contribution in [3.05, 3.63) is 54.1 Å². The third kappa shape index (κ3) is 8.71. The lowest BCUT2D eigenvalue weighted by Gasteiger charge is -2.36. The molecule has 12 heteroatoms. The van der Waals surface area contributed by atoms with Gasteiger partial charge in [-0.05, 0) is 61.9 Å². The molecular formula is C32H46N4O7S. The fourth-order valence-corrected chi connectivity index (χ4v) is 7.48. The highest BCUT2D eigenvalue weighted by Crippen LogP contribution is 2.35. The van der Waals surface area contributed by atoms with Crippen LogP contribution in [0.25, 0.3) is 0 Å². The zero-order valence-corrected chi connectivity index (χ0v) is 26.9. The van der Waals surface area contributed by atoms with Crippen molar-refractivity contribution in [2.45, 2.75) is 75.8 Å². The number of hydrogen-bond acceptors (Lipinski definition) is 9. The first-order valence-electron chi connectivity index (χ1n) is 15.4. The number of hydrazine groups is 1. The number of rotatable bonds is 14. The van der Waals surface area contributed by atoms with Crippen molar-refractivity contribution < 1.29 is 32.6 Å². The second-order valence-corrected chi connectivity index (χ2v) is 14.4. The molecule has 1 unspecified atom stereocenters. The minimum atomic E-state index is -3.90. The Morgan fingerprint density at radius 2 is 1.68 bits per heavy atom. The summed E-state index contributed by atoms with van der Waals surface area (Å²) in [5, 5.41) is 15.0. The van der Waals surface area contributed by atoms with E-state index in [4.69, 9.17) is 9.47 Å². The summed E-state index contributed by atoms with van der Waals surface area (Å²) in [6, 6.07) is 13.1. The zero-order chi connectivity index (χ0) is 31.9. The quantitative estimate of drug-likeness (QED) is 0.269. The molecule has 44 heavy (non-hydrogen) atoms. The van der Waals surface area contributed by atoms with Gasteiger partial charge in [-0.25, -0.2) is 13.4 Å². The maximum atomic E-state index is 13.8. The second kappa shape index (κ2) is 15.2. The molecule has 4 rings (SSSR count). The van der Waals surface area contributed by atoms with Crippen molar-refractivity contribution >= 4 is 21.7 Å². The third-order valence-electron chi connectivity index (χ3n) is 7.87. The molecule has 0 aromatic heterocycles. The van der Waals surface area contributed by atoms with Crippen LogP contribution in [-0.4, -0.2) is 85.7 Å². The highest BCUT2D eigenvalue weighted by molar-refractivity contribution is 7.92. The number of hydrogen-bond donors (Lipinski definition) is 3. The summed E-state index contributed by atoms with van der Waals surface area (Å²) >= 11 is 0. The summed E-state index contributed by atoms with van der Waals surface area (Å²) < 4.78 is 38.2. The third-order valence-corrected chi connectivity index (χ3v) is 10.2. The van der Waals surface area contributed by atoms with Gasteiger partial charge in [-0.1, -0.05) is 58.0 Å². The maximum absolute atomic E-state index is 13.8. The van der Waals surface area contributed by atoms with E-state index in [-0.39, 0.29) is 61.3 Å². The number of benzene rings is 2. The van der Waals surface area contributed by atoms with Crippen LogP contribution in [0.3, 0.4) is 0 Å². The number of nitrogens with one attached hydrogen (secondary N) is 2. The Morgan fingerprint density at radius 1 is 1.00 bits per heavy atom. The molecule has 0 aliphatic carbocycles. The minimum Gasteiger partial charge on any atom is -0.454 e. The molecule has 0 spiro atoms. The van der Waals surface area contributed by atoms with E-state index in [0.29, 0.717) is 11.5 Å². The molecule has 11 nitrogen and oxygen atoms in total. The SMILES string of the molecule is CC(C)CC(=O)N(NC(=O)CN1CCCC1)[C@@H](Cc1ccccc1)[C@H](O)CNC(C(C)C)S(=O)(=O)c1ccc2c(c1)OCO2. The van der Waals surface area contributed by atoms with Crippen molar-refractivity contribution in [3.8, 4) is 11.5 Å². The molecule has 3 N–H and O–H groups in total. The summed E-state index contributed by atoms with van der Waals surface area (Å²) in [6.07, 6.45) is 1.25. The molecule has 1 fully saturated rings. The highest BCUT2D eigenvalue weighted by Gasteiger charge is 2.36. The summed E-state index contributed by atoms with van der Waals surface area (Å²) in [5.41, 5.74) is 3.67. The largest absolute Gasteiger partial charge is 0.454 e. The monoisotopic (exact) mass is 630 g/mol. The summed E-state index contributed by atoms with van der Waals surface area (Å²) in [6.45, 7) is 9.09. The number of sulfone groups is 1. The predicted octanol–water partition coefficient (Wildman–Crippen LogP) is 2.73. The normalized spacial score (nSPS) is 17.1. The van der Waals surface area contributed by atoms with E-state index in [1.54, 1.807) is 19.9 Å². The van der Waals surface area contributed by atoms with Gasteiger partial charge in [-0.2, -0.15) is 0 Å². The molecule has 1 saturated heterocycles. The van der Waals surface area contributed by atoms with Crippen LogP contribution in [0.4, 0.5) is 0 Å². The van der Waals surface area contributed by atoms with Gasteiger partial charge in [0.1, 0.15) is 5.37 Å². The molecule has 2 aliphatic rings. The number of amides is 2. The Balaban J connectivity index is 1.57. The van der Waals surface area contributed by atoms with E-state index >= 15 is 0 Å². The van der Waals surface area contributed by atoms with E-state index in [0.717, 1.165) is 31.5 Å². The van der Waals surface area contributed by atoms with Gasteiger partial charge < -0.3 is 14.6 Å². The average molecular weight is 631 g/mol. The number of carbonyl (C=O) groups excluding carboxylic acids is 2. The molecule has 0 radical (unpaired) electrons. The summed E-state index contributed by atoms with van der Waals surface area (Å²) in [7, 11) is -3.90. The van der Waals surface area contributed by atoms with Gasteiger partial charge in [0.2, 0.25) is 12.7 Å². The number of ether oxygens (including phenoxy) is 2. The van der Waals surface area contributed by atoms with E-state index in [1.165, 1.54) is 17.1 Å². The molecule has 3 atom stereocenters. The first-order chi connectivity index (χ1) is 21.0. The molecule has 2 heterocycles. The van der Waals surface area contributed by atoms with Gasteiger partial charge in [0.05, 0.1) is 23.6 Å². The smallest absolute Gasteiger partial charge is 0.252 e. The average Bonchev–Trinajstić information content (AvgIpc) is 3.66. The van der Waals surface area contributed by atoms with Gasteiger partial charge in [-0.15, -0.1) is 0 Å². The fraction of sp³-hybridized carbons (Fsp3) is 0.562. The van der Waals surface area contributed by atoms with Crippen molar-refractivity contribution in [1.29, 1.82) is 0 Å². The van der Waals surface area contributed by atoms with Gasteiger partial charge in [0, 0.05) is 19.0 Å². The number of likely N-dealkylation sites (tertiary alicyclic amines) is 1. The second-order valence-electron chi connectivity index (χ2n) is 12.3. The van der Waals surface area contributed by atoms with Crippen molar-refractivity contribution in [3.63, 3.8) is 0 Å². The maximum Gasteiger partial charge on any atom is 0.252 e. The molecule has 2 aromatic rings. The van der Waals surface area contributed by atoms with Crippen molar-refractivity contribution in [2.24, 2.45) is 11.8 Å². The Morgan fingerprint density at radius 3 is 2.34 bits per heavy atom. The Kier molecular flexibility index (Phi) is 11.6. The number of aliphatic hydroxyl groups is 1. The Bertz CT molecular complexity index is 1360. The lowest BCUT2D eigenvalue weighted by atomic mass is 9.99. The fourth-order valence-electron chi connectivity index (χ4n) is 5.62. The van der Waals surface area contributed by atoms with Gasteiger partial charge >= 0.3 is 0 Å². The first-order valence-corrected chi connectivity index (χ1v) is 16.9. The van der Waals surface area contributed by atoms with Crippen LogP contribution in [0.15, 0.2) is 53.4 Å². The topological polar surface area (TPSA) is 138 Å². The minimum absolute atomic E-state index is 0.0188. The van der Waals surface area contributed by atoms with Gasteiger partial charge in [0.25, 0.3) is 5.91 Å². The van der Waals surface area contributed by atoms with E-state index in [2.05, 4.69) is 10.7 Å². The number of aliphatic hydroxyl groups excluding tert-OH is 1. The summed E-state index contributed by atoms with van der Waals surface area (Å²) in [5.74, 6) is -0.138. The molecule has 2 aliphatic heterocycles. The molecule has 0 bridgehead atoms. The van der Waals surface area contributed by atoms with Crippen molar-refractivity contribution in [1.82, 2.24) is 20.7 Å². The zero-order valence-electron chi connectivity index (χ0n) is 26.1. The number of fused-ring (bicyclic) bond motifs is 1. The van der Waals surface area contributed by atoms with Crippen LogP contribution in [0, 0.1) is 11.8 Å². The van der Waals surface area contributed by atoms with E-state index in [9.17, 15) is 23.1 Å². The molecule has 0 saturated carbocycles. The molecule has 2 aromatic carbocycles. The predicted molar refractivity (Wildman–Crippen MR) is 166 cm³/mol. The molecule has 2 amide bonds.